The Morgan fingerprint density at radius 2 is 2.21 bits per heavy atom. The molecule has 0 unspecified atom stereocenters. The minimum Gasteiger partial charge on any atom is -0.350 e. The fourth-order valence-corrected chi connectivity index (χ4v) is 2.32. The molecule has 1 saturated heterocycles. The van der Waals surface area contributed by atoms with Crippen molar-refractivity contribution in [2.24, 2.45) is 0 Å². The van der Waals surface area contributed by atoms with E-state index in [9.17, 15) is 4.79 Å². The number of nitrogens with one attached hydrogen (secondary N) is 1. The summed E-state index contributed by atoms with van der Waals surface area (Å²) >= 11 is 1.57. The number of nitrogens with zero attached hydrogens (tertiary/aromatic N) is 4. The quantitative estimate of drug-likeness (QED) is 0.622. The van der Waals surface area contributed by atoms with Gasteiger partial charge < -0.3 is 15.1 Å². The van der Waals surface area contributed by atoms with Crippen LogP contribution in [0.4, 0.5) is 5.82 Å². The van der Waals surface area contributed by atoms with Crippen molar-refractivity contribution in [3.63, 3.8) is 0 Å². The number of carbonyl (C=O) groups excluding carboxylic acids is 1. The zero-order valence-electron chi connectivity index (χ0n) is 11.3. The largest absolute Gasteiger partial charge is 0.350 e. The summed E-state index contributed by atoms with van der Waals surface area (Å²) in [4.78, 5) is 24.2. The second-order valence-corrected chi connectivity index (χ2v) is 5.23. The van der Waals surface area contributed by atoms with E-state index in [0.29, 0.717) is 6.54 Å². The summed E-state index contributed by atoms with van der Waals surface area (Å²) in [5.41, 5.74) is 0. The lowest BCUT2D eigenvalue weighted by Gasteiger charge is -2.29. The van der Waals surface area contributed by atoms with Gasteiger partial charge in [0.1, 0.15) is 17.2 Å². The third kappa shape index (κ3) is 3.81. The van der Waals surface area contributed by atoms with Gasteiger partial charge in [0, 0.05) is 39.3 Å². The Kier molecular flexibility index (Phi) is 4.98. The van der Waals surface area contributed by atoms with E-state index in [1.807, 2.05) is 29.2 Å². The van der Waals surface area contributed by atoms with Gasteiger partial charge in [-0.1, -0.05) is 0 Å². The molecule has 104 valence electrons. The summed E-state index contributed by atoms with van der Waals surface area (Å²) in [5, 5.41) is 4.15. The topological polar surface area (TPSA) is 61.4 Å². The average Bonchev–Trinajstić information content (AvgIpc) is 2.48. The first-order chi connectivity index (χ1) is 9.20. The first kappa shape index (κ1) is 14.1. The summed E-state index contributed by atoms with van der Waals surface area (Å²) in [6, 6.07) is 1.90. The number of carbonyl (C=O) groups is 1. The second kappa shape index (κ2) is 6.72. The van der Waals surface area contributed by atoms with Gasteiger partial charge in [0.25, 0.3) is 0 Å². The summed E-state index contributed by atoms with van der Waals surface area (Å²) in [5.74, 6) is 0.927. The Morgan fingerprint density at radius 1 is 1.47 bits per heavy atom. The van der Waals surface area contributed by atoms with Gasteiger partial charge in [-0.3, -0.25) is 4.79 Å². The fourth-order valence-electron chi connectivity index (χ4n) is 1.95. The van der Waals surface area contributed by atoms with Crippen LogP contribution in [0.3, 0.4) is 0 Å². The highest BCUT2D eigenvalue weighted by molar-refractivity contribution is 7.98. The molecule has 1 aliphatic rings. The van der Waals surface area contributed by atoms with Gasteiger partial charge in [-0.25, -0.2) is 9.97 Å². The summed E-state index contributed by atoms with van der Waals surface area (Å²) in [6.07, 6.45) is 3.50. The SMILES string of the molecule is CSc1cc(N(C)CC(=O)N2CCNCC2)ncn1. The molecule has 2 heterocycles. The van der Waals surface area contributed by atoms with E-state index in [-0.39, 0.29) is 5.91 Å². The van der Waals surface area contributed by atoms with Crippen molar-refractivity contribution in [3.8, 4) is 0 Å². The maximum Gasteiger partial charge on any atom is 0.242 e. The van der Waals surface area contributed by atoms with Gasteiger partial charge in [0.15, 0.2) is 0 Å². The molecule has 0 radical (unpaired) electrons. The number of amides is 1. The molecule has 0 bridgehead atoms. The second-order valence-electron chi connectivity index (χ2n) is 4.41. The van der Waals surface area contributed by atoms with Crippen molar-refractivity contribution in [3.05, 3.63) is 12.4 Å². The normalized spacial score (nSPS) is 15.4. The Bertz CT molecular complexity index is 436. The number of anilines is 1. The molecule has 1 aliphatic heterocycles. The molecule has 1 aromatic heterocycles. The predicted octanol–water partition coefficient (Wildman–Crippen LogP) is 0.0665. The molecule has 1 N–H and O–H groups in total. The molecule has 7 heteroatoms. The number of piperazine rings is 1. The van der Waals surface area contributed by atoms with Crippen LogP contribution in [0.2, 0.25) is 0 Å². The van der Waals surface area contributed by atoms with E-state index < -0.39 is 0 Å². The number of hydrogen-bond acceptors (Lipinski definition) is 6. The van der Waals surface area contributed by atoms with E-state index in [0.717, 1.165) is 37.0 Å². The van der Waals surface area contributed by atoms with E-state index in [2.05, 4.69) is 15.3 Å². The van der Waals surface area contributed by atoms with Crippen molar-refractivity contribution in [2.75, 3.05) is 50.9 Å². The smallest absolute Gasteiger partial charge is 0.242 e. The Morgan fingerprint density at radius 3 is 2.89 bits per heavy atom. The molecule has 1 amide bonds. The van der Waals surface area contributed by atoms with Crippen molar-refractivity contribution in [2.45, 2.75) is 5.03 Å². The van der Waals surface area contributed by atoms with Gasteiger partial charge in [-0.15, -0.1) is 11.8 Å². The highest BCUT2D eigenvalue weighted by Crippen LogP contribution is 2.16. The third-order valence-corrected chi connectivity index (χ3v) is 3.71. The van der Waals surface area contributed by atoms with Crippen LogP contribution < -0.4 is 10.2 Å². The number of hydrogen-bond donors (Lipinski definition) is 1. The minimum absolute atomic E-state index is 0.147. The average molecular weight is 281 g/mol. The fraction of sp³-hybridized carbons (Fsp3) is 0.583. The lowest BCUT2D eigenvalue weighted by Crippen LogP contribution is -2.49. The van der Waals surface area contributed by atoms with Crippen LogP contribution in [-0.2, 0) is 4.79 Å². The number of thioether (sulfide) groups is 1. The standard InChI is InChI=1S/C12H19N5OS/c1-16(10-7-11(19-2)15-9-14-10)8-12(18)17-5-3-13-4-6-17/h7,9,13H,3-6,8H2,1-2H3. The summed E-state index contributed by atoms with van der Waals surface area (Å²) in [7, 11) is 1.88. The summed E-state index contributed by atoms with van der Waals surface area (Å²) in [6.45, 7) is 3.67. The van der Waals surface area contributed by atoms with Crippen LogP contribution >= 0.6 is 11.8 Å². The van der Waals surface area contributed by atoms with Crippen molar-refractivity contribution < 1.29 is 4.79 Å². The highest BCUT2D eigenvalue weighted by Gasteiger charge is 2.18. The maximum absolute atomic E-state index is 12.1. The summed E-state index contributed by atoms with van der Waals surface area (Å²) < 4.78 is 0. The molecular weight excluding hydrogens is 262 g/mol. The third-order valence-electron chi connectivity index (χ3n) is 3.07. The van der Waals surface area contributed by atoms with Crippen LogP contribution in [0.1, 0.15) is 0 Å². The van der Waals surface area contributed by atoms with Gasteiger partial charge in [0.2, 0.25) is 5.91 Å². The molecule has 1 fully saturated rings. The number of aromatic nitrogens is 2. The van der Waals surface area contributed by atoms with Gasteiger partial charge >= 0.3 is 0 Å². The van der Waals surface area contributed by atoms with E-state index in [1.165, 1.54) is 6.33 Å². The van der Waals surface area contributed by atoms with Crippen molar-refractivity contribution >= 4 is 23.5 Å². The van der Waals surface area contributed by atoms with Gasteiger partial charge in [0.05, 0.1) is 6.54 Å². The van der Waals surface area contributed by atoms with Crippen LogP contribution in [0, 0.1) is 0 Å². The lowest BCUT2D eigenvalue weighted by molar-refractivity contribution is -0.130. The number of rotatable bonds is 4. The van der Waals surface area contributed by atoms with Crippen LogP contribution in [0.5, 0.6) is 0 Å². The molecule has 0 aromatic carbocycles. The molecule has 19 heavy (non-hydrogen) atoms. The molecule has 2 rings (SSSR count). The van der Waals surface area contributed by atoms with Crippen molar-refractivity contribution in [1.82, 2.24) is 20.2 Å². The molecular formula is C12H19N5OS. The Hall–Kier alpha value is -1.34. The predicted molar refractivity (Wildman–Crippen MR) is 76.5 cm³/mol. The monoisotopic (exact) mass is 281 g/mol. The highest BCUT2D eigenvalue weighted by atomic mass is 32.2. The number of likely N-dealkylation sites (N-methyl/N-ethyl adjacent to an activating group) is 1. The van der Waals surface area contributed by atoms with E-state index >= 15 is 0 Å². The first-order valence-corrected chi connectivity index (χ1v) is 7.49. The minimum atomic E-state index is 0.147. The molecule has 0 atom stereocenters. The molecule has 0 aliphatic carbocycles. The molecule has 6 nitrogen and oxygen atoms in total. The van der Waals surface area contributed by atoms with Crippen LogP contribution in [0.25, 0.3) is 0 Å². The molecule has 1 aromatic rings. The first-order valence-electron chi connectivity index (χ1n) is 6.26. The van der Waals surface area contributed by atoms with Crippen molar-refractivity contribution in [1.29, 1.82) is 0 Å². The Labute approximate surface area is 117 Å². The molecule has 0 saturated carbocycles. The zero-order valence-corrected chi connectivity index (χ0v) is 12.1. The van der Waals surface area contributed by atoms with Crippen LogP contribution in [0.15, 0.2) is 17.4 Å². The van der Waals surface area contributed by atoms with Gasteiger partial charge in [-0.2, -0.15) is 0 Å². The van der Waals surface area contributed by atoms with Gasteiger partial charge in [-0.05, 0) is 6.26 Å². The maximum atomic E-state index is 12.1. The van der Waals surface area contributed by atoms with E-state index in [4.69, 9.17) is 0 Å². The zero-order chi connectivity index (χ0) is 13.7. The Balaban J connectivity index is 1.95. The molecule has 0 spiro atoms. The van der Waals surface area contributed by atoms with E-state index in [1.54, 1.807) is 11.8 Å². The van der Waals surface area contributed by atoms with Crippen LogP contribution in [-0.4, -0.2) is 66.8 Å². The lowest BCUT2D eigenvalue weighted by atomic mass is 10.3.